The summed E-state index contributed by atoms with van der Waals surface area (Å²) in [6.45, 7) is 4.51. The highest BCUT2D eigenvalue weighted by molar-refractivity contribution is 5.91. The van der Waals surface area contributed by atoms with E-state index < -0.39 is 0 Å². The molecule has 0 aliphatic rings. The Morgan fingerprint density at radius 1 is 1.62 bits per heavy atom. The number of hydrogen-bond acceptors (Lipinski definition) is 3. The lowest BCUT2D eigenvalue weighted by molar-refractivity contribution is 0.0804. The van der Waals surface area contributed by atoms with E-state index in [2.05, 4.69) is 5.43 Å². The molecular weight excluding hydrogens is 168 g/mol. The molecule has 1 N–H and O–H groups in total. The Morgan fingerprint density at radius 3 is 2.77 bits per heavy atom. The fourth-order valence-corrected chi connectivity index (χ4v) is 0.864. The maximum absolute atomic E-state index is 11.4. The summed E-state index contributed by atoms with van der Waals surface area (Å²) in [5, 5.41) is 1.69. The summed E-state index contributed by atoms with van der Waals surface area (Å²) in [7, 11) is 1.80. The lowest BCUT2D eigenvalue weighted by Crippen LogP contribution is -2.38. The molecule has 1 rings (SSSR count). The molecular formula is C9H14N2O2. The van der Waals surface area contributed by atoms with Gasteiger partial charge in [-0.05, 0) is 19.1 Å². The van der Waals surface area contributed by atoms with Crippen LogP contribution in [-0.2, 0) is 0 Å². The number of carbonyl (C=O) groups excluding carboxylic acids is 1. The summed E-state index contributed by atoms with van der Waals surface area (Å²) < 4.78 is 5.15. The molecule has 0 atom stereocenters. The second kappa shape index (κ2) is 4.09. The molecule has 13 heavy (non-hydrogen) atoms. The number of carbonyl (C=O) groups is 1. The highest BCUT2D eigenvalue weighted by Crippen LogP contribution is 2.05. The van der Waals surface area contributed by atoms with E-state index in [4.69, 9.17) is 4.42 Å². The number of nitrogens with one attached hydrogen (secondary N) is 1. The maximum atomic E-state index is 11.4. The van der Waals surface area contributed by atoms with Gasteiger partial charge in [0.25, 0.3) is 0 Å². The number of rotatable bonds is 3. The van der Waals surface area contributed by atoms with E-state index in [1.165, 1.54) is 0 Å². The lowest BCUT2D eigenvalue weighted by Gasteiger charge is -2.13. The first-order chi connectivity index (χ1) is 6.13. The average molecular weight is 182 g/mol. The van der Waals surface area contributed by atoms with Crippen LogP contribution in [0.3, 0.4) is 0 Å². The molecule has 0 aromatic carbocycles. The highest BCUT2D eigenvalue weighted by atomic mass is 16.3. The molecule has 72 valence electrons. The SMILES string of the molecule is CCN(C)NC(=O)c1ccc(C)o1. The van der Waals surface area contributed by atoms with Crippen LogP contribution in [0.15, 0.2) is 16.5 Å². The fraction of sp³-hybridized carbons (Fsp3) is 0.444. The highest BCUT2D eigenvalue weighted by Gasteiger charge is 2.10. The molecule has 0 saturated carbocycles. The van der Waals surface area contributed by atoms with Crippen molar-refractivity contribution in [1.29, 1.82) is 0 Å². The second-order valence-electron chi connectivity index (χ2n) is 2.87. The summed E-state index contributed by atoms with van der Waals surface area (Å²) >= 11 is 0. The first-order valence-corrected chi connectivity index (χ1v) is 4.22. The molecule has 0 radical (unpaired) electrons. The third-order valence-corrected chi connectivity index (χ3v) is 1.73. The number of amides is 1. The smallest absolute Gasteiger partial charge is 0.301 e. The Labute approximate surface area is 77.5 Å². The quantitative estimate of drug-likeness (QED) is 0.714. The van der Waals surface area contributed by atoms with Crippen molar-refractivity contribution in [3.05, 3.63) is 23.7 Å². The zero-order chi connectivity index (χ0) is 9.84. The number of hydrogen-bond donors (Lipinski definition) is 1. The van der Waals surface area contributed by atoms with E-state index in [1.54, 1.807) is 31.1 Å². The molecule has 1 heterocycles. The zero-order valence-corrected chi connectivity index (χ0v) is 8.13. The predicted molar refractivity (Wildman–Crippen MR) is 49.2 cm³/mol. The Bertz CT molecular complexity index is 294. The third kappa shape index (κ3) is 2.59. The Kier molecular flexibility index (Phi) is 3.08. The van der Waals surface area contributed by atoms with E-state index in [1.807, 2.05) is 6.92 Å². The van der Waals surface area contributed by atoms with Crippen molar-refractivity contribution in [3.8, 4) is 0 Å². The van der Waals surface area contributed by atoms with Crippen LogP contribution in [0, 0.1) is 6.92 Å². The minimum atomic E-state index is -0.211. The number of nitrogens with zero attached hydrogens (tertiary/aromatic N) is 1. The van der Waals surface area contributed by atoms with Gasteiger partial charge in [-0.2, -0.15) is 0 Å². The van der Waals surface area contributed by atoms with Gasteiger partial charge in [0.2, 0.25) is 0 Å². The maximum Gasteiger partial charge on any atom is 0.301 e. The van der Waals surface area contributed by atoms with Gasteiger partial charge in [0.1, 0.15) is 5.76 Å². The predicted octanol–water partition coefficient (Wildman–Crippen LogP) is 1.18. The van der Waals surface area contributed by atoms with E-state index in [9.17, 15) is 4.79 Å². The summed E-state index contributed by atoms with van der Waals surface area (Å²) in [6.07, 6.45) is 0. The number of furan rings is 1. The molecule has 0 fully saturated rings. The number of hydrazine groups is 1. The third-order valence-electron chi connectivity index (χ3n) is 1.73. The molecule has 4 nitrogen and oxygen atoms in total. The van der Waals surface area contributed by atoms with Crippen molar-refractivity contribution >= 4 is 5.91 Å². The van der Waals surface area contributed by atoms with Crippen LogP contribution in [0.5, 0.6) is 0 Å². The molecule has 0 spiro atoms. The molecule has 0 unspecified atom stereocenters. The van der Waals surface area contributed by atoms with Crippen LogP contribution in [0.4, 0.5) is 0 Å². The fourth-order valence-electron chi connectivity index (χ4n) is 0.864. The number of aryl methyl sites for hydroxylation is 1. The van der Waals surface area contributed by atoms with Gasteiger partial charge in [-0.3, -0.25) is 10.2 Å². The van der Waals surface area contributed by atoms with Crippen molar-refractivity contribution in [3.63, 3.8) is 0 Å². The summed E-state index contributed by atoms with van der Waals surface area (Å²) in [6, 6.07) is 3.43. The normalized spacial score (nSPS) is 10.5. The largest absolute Gasteiger partial charge is 0.456 e. The van der Waals surface area contributed by atoms with Crippen LogP contribution in [0.25, 0.3) is 0 Å². The van der Waals surface area contributed by atoms with Gasteiger partial charge in [-0.15, -0.1) is 0 Å². The first kappa shape index (κ1) is 9.80. The van der Waals surface area contributed by atoms with Crippen molar-refractivity contribution in [1.82, 2.24) is 10.4 Å². The van der Waals surface area contributed by atoms with Crippen LogP contribution in [0.1, 0.15) is 23.2 Å². The van der Waals surface area contributed by atoms with Gasteiger partial charge in [-0.25, -0.2) is 5.01 Å². The van der Waals surface area contributed by atoms with Gasteiger partial charge in [0, 0.05) is 13.6 Å². The Morgan fingerprint density at radius 2 is 2.31 bits per heavy atom. The molecule has 0 aliphatic heterocycles. The van der Waals surface area contributed by atoms with Crippen LogP contribution >= 0.6 is 0 Å². The van der Waals surface area contributed by atoms with Gasteiger partial charge in [0.15, 0.2) is 5.76 Å². The standard InChI is InChI=1S/C9H14N2O2/c1-4-11(3)10-9(12)8-6-5-7(2)13-8/h5-6H,4H2,1-3H3,(H,10,12). The van der Waals surface area contributed by atoms with E-state index in [0.29, 0.717) is 5.76 Å². The van der Waals surface area contributed by atoms with Crippen molar-refractivity contribution in [2.75, 3.05) is 13.6 Å². The second-order valence-corrected chi connectivity index (χ2v) is 2.87. The zero-order valence-electron chi connectivity index (χ0n) is 8.13. The molecule has 1 aromatic heterocycles. The summed E-state index contributed by atoms with van der Waals surface area (Å²) in [5.41, 5.74) is 2.66. The summed E-state index contributed by atoms with van der Waals surface area (Å²) in [5.74, 6) is 0.875. The first-order valence-electron chi connectivity index (χ1n) is 4.22. The Hall–Kier alpha value is -1.29. The van der Waals surface area contributed by atoms with E-state index in [0.717, 1.165) is 12.3 Å². The van der Waals surface area contributed by atoms with Gasteiger partial charge >= 0.3 is 5.91 Å². The van der Waals surface area contributed by atoms with Gasteiger partial charge in [0.05, 0.1) is 0 Å². The molecule has 1 amide bonds. The van der Waals surface area contributed by atoms with Crippen LogP contribution in [0.2, 0.25) is 0 Å². The van der Waals surface area contributed by atoms with E-state index >= 15 is 0 Å². The molecule has 0 saturated heterocycles. The average Bonchev–Trinajstić information content (AvgIpc) is 2.51. The molecule has 1 aromatic rings. The lowest BCUT2D eigenvalue weighted by atomic mass is 10.4. The van der Waals surface area contributed by atoms with Gasteiger partial charge in [-0.1, -0.05) is 6.92 Å². The van der Waals surface area contributed by atoms with Crippen LogP contribution in [-0.4, -0.2) is 24.5 Å². The van der Waals surface area contributed by atoms with Crippen molar-refractivity contribution < 1.29 is 9.21 Å². The Balaban J connectivity index is 2.58. The topological polar surface area (TPSA) is 45.5 Å². The minimum Gasteiger partial charge on any atom is -0.456 e. The molecule has 4 heteroatoms. The van der Waals surface area contributed by atoms with E-state index in [-0.39, 0.29) is 5.91 Å². The van der Waals surface area contributed by atoms with Crippen molar-refractivity contribution in [2.24, 2.45) is 0 Å². The minimum absolute atomic E-state index is 0.211. The molecule has 0 bridgehead atoms. The summed E-state index contributed by atoms with van der Waals surface area (Å²) in [4.78, 5) is 11.4. The van der Waals surface area contributed by atoms with Crippen LogP contribution < -0.4 is 5.43 Å². The van der Waals surface area contributed by atoms with Crippen molar-refractivity contribution in [2.45, 2.75) is 13.8 Å². The van der Waals surface area contributed by atoms with Gasteiger partial charge < -0.3 is 4.42 Å². The monoisotopic (exact) mass is 182 g/mol. The molecule has 0 aliphatic carbocycles.